The Hall–Kier alpha value is -1.34. The maximum Gasteiger partial charge on any atom is 0.310 e. The summed E-state index contributed by atoms with van der Waals surface area (Å²) in [4.78, 5) is 13.9. The minimum absolute atomic E-state index is 0.435. The van der Waals surface area contributed by atoms with Crippen molar-refractivity contribution in [2.45, 2.75) is 33.2 Å². The van der Waals surface area contributed by atoms with Crippen LogP contribution in [0, 0.1) is 5.41 Å². The molecule has 0 atom stereocenters. The third-order valence-electron chi connectivity index (χ3n) is 5.36. The van der Waals surface area contributed by atoms with Crippen LogP contribution in [0.5, 0.6) is 5.75 Å². The number of ether oxygens (including phenoxy) is 2. The number of nitrogens with one attached hydrogen (secondary N) is 1. The molecule has 0 unspecified atom stereocenters. The molecular formula is C20H31ClN2O4. The van der Waals surface area contributed by atoms with Crippen molar-refractivity contribution in [1.29, 1.82) is 0 Å². The SMILES string of the molecule is CCC(CC)(CNCc1ccc(OCCN2CCOCC2)c(Cl)c1)C(=O)O. The monoisotopic (exact) mass is 398 g/mol. The van der Waals surface area contributed by atoms with Crippen molar-refractivity contribution >= 4 is 17.6 Å². The van der Waals surface area contributed by atoms with E-state index in [9.17, 15) is 9.90 Å². The van der Waals surface area contributed by atoms with E-state index < -0.39 is 11.4 Å². The van der Waals surface area contributed by atoms with Crippen molar-refractivity contribution < 1.29 is 19.4 Å². The third kappa shape index (κ3) is 6.35. The summed E-state index contributed by atoms with van der Waals surface area (Å²) < 4.78 is 11.1. The van der Waals surface area contributed by atoms with E-state index in [1.807, 2.05) is 32.0 Å². The Labute approximate surface area is 166 Å². The summed E-state index contributed by atoms with van der Waals surface area (Å²) in [5.41, 5.74) is 0.291. The van der Waals surface area contributed by atoms with Gasteiger partial charge in [-0.15, -0.1) is 0 Å². The molecule has 1 aromatic rings. The van der Waals surface area contributed by atoms with Crippen LogP contribution >= 0.6 is 11.6 Å². The number of benzene rings is 1. The first-order chi connectivity index (χ1) is 13.0. The maximum atomic E-state index is 11.6. The molecule has 0 aromatic heterocycles. The molecule has 2 N–H and O–H groups in total. The molecule has 1 saturated heterocycles. The van der Waals surface area contributed by atoms with Crippen LogP contribution in [0.4, 0.5) is 0 Å². The highest BCUT2D eigenvalue weighted by Crippen LogP contribution is 2.27. The molecule has 152 valence electrons. The van der Waals surface area contributed by atoms with Crippen LogP contribution in [-0.4, -0.2) is 62.0 Å². The van der Waals surface area contributed by atoms with Gasteiger partial charge in [0.15, 0.2) is 0 Å². The number of carbonyl (C=O) groups is 1. The Morgan fingerprint density at radius 3 is 2.63 bits per heavy atom. The first-order valence-corrected chi connectivity index (χ1v) is 10.0. The molecule has 0 radical (unpaired) electrons. The molecule has 1 heterocycles. The van der Waals surface area contributed by atoms with Gasteiger partial charge in [-0.1, -0.05) is 31.5 Å². The summed E-state index contributed by atoms with van der Waals surface area (Å²) in [6.07, 6.45) is 1.20. The lowest BCUT2D eigenvalue weighted by molar-refractivity contribution is -0.149. The van der Waals surface area contributed by atoms with Crippen molar-refractivity contribution in [3.63, 3.8) is 0 Å². The van der Waals surface area contributed by atoms with E-state index in [-0.39, 0.29) is 0 Å². The van der Waals surface area contributed by atoms with Gasteiger partial charge in [-0.3, -0.25) is 9.69 Å². The summed E-state index contributed by atoms with van der Waals surface area (Å²) in [5, 5.41) is 13.3. The number of rotatable bonds is 11. The number of aliphatic carboxylic acids is 1. The van der Waals surface area contributed by atoms with Crippen molar-refractivity contribution in [1.82, 2.24) is 10.2 Å². The topological polar surface area (TPSA) is 71.0 Å². The largest absolute Gasteiger partial charge is 0.491 e. The van der Waals surface area contributed by atoms with Crippen LogP contribution in [0.25, 0.3) is 0 Å². The maximum absolute atomic E-state index is 11.6. The summed E-state index contributed by atoms with van der Waals surface area (Å²) >= 11 is 6.34. The molecule has 0 spiro atoms. The molecule has 1 aliphatic heterocycles. The molecule has 0 amide bonds. The van der Waals surface area contributed by atoms with Crippen molar-refractivity contribution in [2.24, 2.45) is 5.41 Å². The van der Waals surface area contributed by atoms with Gasteiger partial charge in [-0.25, -0.2) is 0 Å². The fraction of sp³-hybridized carbons (Fsp3) is 0.650. The highest BCUT2D eigenvalue weighted by Gasteiger charge is 2.34. The Morgan fingerprint density at radius 1 is 1.33 bits per heavy atom. The van der Waals surface area contributed by atoms with Crippen molar-refractivity contribution in [3.05, 3.63) is 28.8 Å². The normalized spacial score (nSPS) is 15.7. The van der Waals surface area contributed by atoms with Crippen LogP contribution in [0.2, 0.25) is 5.02 Å². The van der Waals surface area contributed by atoms with Crippen LogP contribution in [0.15, 0.2) is 18.2 Å². The number of hydrogen-bond donors (Lipinski definition) is 2. The van der Waals surface area contributed by atoms with Crippen molar-refractivity contribution in [2.75, 3.05) is 46.0 Å². The van der Waals surface area contributed by atoms with Gasteiger partial charge in [0.1, 0.15) is 12.4 Å². The van der Waals surface area contributed by atoms with E-state index in [1.54, 1.807) is 0 Å². The van der Waals surface area contributed by atoms with Gasteiger partial charge in [0, 0.05) is 32.7 Å². The minimum Gasteiger partial charge on any atom is -0.491 e. The molecule has 0 aliphatic carbocycles. The predicted molar refractivity (Wildman–Crippen MR) is 107 cm³/mol. The van der Waals surface area contributed by atoms with E-state index >= 15 is 0 Å². The van der Waals surface area contributed by atoms with Crippen LogP contribution in [0.1, 0.15) is 32.3 Å². The lowest BCUT2D eigenvalue weighted by Crippen LogP contribution is -2.40. The first-order valence-electron chi connectivity index (χ1n) is 9.66. The zero-order chi connectivity index (χ0) is 19.7. The highest BCUT2D eigenvalue weighted by molar-refractivity contribution is 6.32. The van der Waals surface area contributed by atoms with E-state index in [0.717, 1.165) is 38.4 Å². The fourth-order valence-corrected chi connectivity index (χ4v) is 3.46. The molecule has 0 bridgehead atoms. The average Bonchev–Trinajstić information content (AvgIpc) is 2.68. The molecule has 2 rings (SSSR count). The standard InChI is InChI=1S/C20H31ClN2O4/c1-3-20(4-2,19(24)25)15-22-14-16-5-6-18(17(21)13-16)27-12-9-23-7-10-26-11-8-23/h5-6,13,22H,3-4,7-12,14-15H2,1-2H3,(H,24,25). The van der Waals surface area contributed by atoms with Gasteiger partial charge in [-0.05, 0) is 30.5 Å². The number of carboxylic acids is 1. The number of morpholine rings is 1. The van der Waals surface area contributed by atoms with Gasteiger partial charge in [-0.2, -0.15) is 0 Å². The predicted octanol–water partition coefficient (Wildman–Crippen LogP) is 3.03. The molecular weight excluding hydrogens is 368 g/mol. The Balaban J connectivity index is 1.80. The van der Waals surface area contributed by atoms with Crippen LogP contribution < -0.4 is 10.1 Å². The zero-order valence-corrected chi connectivity index (χ0v) is 17.1. The second-order valence-electron chi connectivity index (χ2n) is 6.96. The summed E-state index contributed by atoms with van der Waals surface area (Å²) in [6.45, 7) is 9.72. The first kappa shape index (κ1) is 22.0. The van der Waals surface area contributed by atoms with E-state index in [1.165, 1.54) is 0 Å². The molecule has 1 aliphatic rings. The fourth-order valence-electron chi connectivity index (χ4n) is 3.21. The average molecular weight is 399 g/mol. The summed E-state index contributed by atoms with van der Waals surface area (Å²) in [7, 11) is 0. The third-order valence-corrected chi connectivity index (χ3v) is 5.66. The van der Waals surface area contributed by atoms with E-state index in [0.29, 0.717) is 43.3 Å². The second-order valence-corrected chi connectivity index (χ2v) is 7.37. The van der Waals surface area contributed by atoms with Gasteiger partial charge in [0.25, 0.3) is 0 Å². The Morgan fingerprint density at radius 2 is 2.04 bits per heavy atom. The van der Waals surface area contributed by atoms with Crippen LogP contribution in [0.3, 0.4) is 0 Å². The van der Waals surface area contributed by atoms with Crippen molar-refractivity contribution in [3.8, 4) is 5.75 Å². The number of hydrogen-bond acceptors (Lipinski definition) is 5. The second kappa shape index (κ2) is 10.9. The molecule has 1 aromatic carbocycles. The quantitative estimate of drug-likeness (QED) is 0.597. The summed E-state index contributed by atoms with van der Waals surface area (Å²) in [6, 6.07) is 5.71. The Kier molecular flexibility index (Phi) is 8.83. The smallest absolute Gasteiger partial charge is 0.310 e. The van der Waals surface area contributed by atoms with E-state index in [4.69, 9.17) is 21.1 Å². The van der Waals surface area contributed by atoms with E-state index in [2.05, 4.69) is 10.2 Å². The molecule has 27 heavy (non-hydrogen) atoms. The summed E-state index contributed by atoms with van der Waals surface area (Å²) in [5.74, 6) is -0.0716. The molecule has 7 heteroatoms. The Bertz CT molecular complexity index is 602. The molecule has 6 nitrogen and oxygen atoms in total. The molecule has 0 saturated carbocycles. The number of halogens is 1. The van der Waals surface area contributed by atoms with Gasteiger partial charge in [0.05, 0.1) is 23.7 Å². The lowest BCUT2D eigenvalue weighted by Gasteiger charge is -2.27. The lowest BCUT2D eigenvalue weighted by atomic mass is 9.82. The highest BCUT2D eigenvalue weighted by atomic mass is 35.5. The number of carboxylic acid groups (broad SMARTS) is 1. The zero-order valence-electron chi connectivity index (χ0n) is 16.3. The number of nitrogens with zero attached hydrogens (tertiary/aromatic N) is 1. The van der Waals surface area contributed by atoms with Gasteiger partial charge < -0.3 is 19.9 Å². The van der Waals surface area contributed by atoms with Crippen LogP contribution in [-0.2, 0) is 16.1 Å². The van der Waals surface area contributed by atoms with Gasteiger partial charge in [0.2, 0.25) is 0 Å². The molecule has 1 fully saturated rings. The van der Waals surface area contributed by atoms with Gasteiger partial charge >= 0.3 is 5.97 Å². The minimum atomic E-state index is -0.748.